The van der Waals surface area contributed by atoms with E-state index in [0.29, 0.717) is 6.42 Å². The van der Waals surface area contributed by atoms with E-state index in [1.165, 1.54) is 5.56 Å². The molecule has 0 saturated carbocycles. The second-order valence-corrected chi connectivity index (χ2v) is 8.33. The van der Waals surface area contributed by atoms with Crippen LogP contribution in [0.5, 0.6) is 0 Å². The number of carboxylic acids is 1. The molecule has 2 aliphatic rings. The fourth-order valence-corrected chi connectivity index (χ4v) is 4.44. The molecule has 1 N–H and O–H groups in total. The minimum atomic E-state index is -5.08. The number of amides is 1. The molecule has 11 heteroatoms. The summed E-state index contributed by atoms with van der Waals surface area (Å²) in [6.45, 7) is 4.09. The molecule has 2 fully saturated rings. The number of carboxylic acid groups (broad SMARTS) is 1. The molecular weight excluding hydrogens is 447 g/mol. The largest absolute Gasteiger partial charge is 0.490 e. The Hall–Kier alpha value is -2.50. The van der Waals surface area contributed by atoms with Crippen molar-refractivity contribution < 1.29 is 32.6 Å². The molecule has 0 spiro atoms. The van der Waals surface area contributed by atoms with Crippen molar-refractivity contribution >= 4 is 23.2 Å². The van der Waals surface area contributed by atoms with Crippen LogP contribution in [0, 0.1) is 0 Å². The molecule has 2 aliphatic heterocycles. The number of fused-ring (bicyclic) bond motifs is 1. The first-order valence-corrected chi connectivity index (χ1v) is 11.0. The Balaban J connectivity index is 0.000000360. The van der Waals surface area contributed by atoms with Crippen molar-refractivity contribution in [3.63, 3.8) is 0 Å². The van der Waals surface area contributed by atoms with Gasteiger partial charge in [-0.25, -0.2) is 4.79 Å². The molecule has 0 aliphatic carbocycles. The number of alkyl halides is 3. The van der Waals surface area contributed by atoms with Crippen LogP contribution in [0.3, 0.4) is 0 Å². The van der Waals surface area contributed by atoms with Gasteiger partial charge in [-0.1, -0.05) is 6.07 Å². The predicted octanol–water partition coefficient (Wildman–Crippen LogP) is 2.82. The highest BCUT2D eigenvalue weighted by Gasteiger charge is 2.39. The molecule has 0 bridgehead atoms. The van der Waals surface area contributed by atoms with Crippen LogP contribution in [0.4, 0.5) is 13.2 Å². The van der Waals surface area contributed by atoms with E-state index in [-0.39, 0.29) is 18.1 Å². The summed E-state index contributed by atoms with van der Waals surface area (Å²) in [4.78, 5) is 30.3. The van der Waals surface area contributed by atoms with Crippen LogP contribution in [-0.2, 0) is 27.3 Å². The van der Waals surface area contributed by atoms with Crippen molar-refractivity contribution in [1.29, 1.82) is 0 Å². The van der Waals surface area contributed by atoms with Crippen LogP contribution >= 0.6 is 11.3 Å². The van der Waals surface area contributed by atoms with Gasteiger partial charge < -0.3 is 14.7 Å². The number of morpholine rings is 1. The minimum absolute atomic E-state index is 0.226. The van der Waals surface area contributed by atoms with Crippen molar-refractivity contribution in [2.75, 3.05) is 26.2 Å². The van der Waals surface area contributed by atoms with Gasteiger partial charge in [0.2, 0.25) is 5.91 Å². The first-order chi connectivity index (χ1) is 15.2. The third-order valence-electron chi connectivity index (χ3n) is 5.34. The van der Waals surface area contributed by atoms with E-state index in [9.17, 15) is 18.0 Å². The quantitative estimate of drug-likeness (QED) is 0.739. The standard InChI is InChI=1S/C19H23N3O2S.C2HF3O2/c23-19(10-15-4-9-25-14-15)22-6-3-18-17(13-22)21(7-8-24-18)12-16-2-1-5-20-11-16;3-2(4,5)1(6)7/h1-2,4-5,9,11,14,17-18H,3,6-8,10,12-13H2;(H,6,7)/t17-,18-;/m0./s1. The summed E-state index contributed by atoms with van der Waals surface area (Å²) in [6, 6.07) is 6.40. The summed E-state index contributed by atoms with van der Waals surface area (Å²) >= 11 is 1.64. The van der Waals surface area contributed by atoms with Crippen LogP contribution in [-0.4, -0.2) is 76.3 Å². The second-order valence-electron chi connectivity index (χ2n) is 7.55. The van der Waals surface area contributed by atoms with Crippen LogP contribution in [0.2, 0.25) is 0 Å². The molecule has 4 heterocycles. The summed E-state index contributed by atoms with van der Waals surface area (Å²) in [6.07, 6.45) is 0.299. The first-order valence-electron chi connectivity index (χ1n) is 10.1. The number of carbonyl (C=O) groups is 2. The van der Waals surface area contributed by atoms with Gasteiger partial charge in [-0.15, -0.1) is 0 Å². The zero-order valence-corrected chi connectivity index (χ0v) is 18.0. The number of rotatable bonds is 4. The van der Waals surface area contributed by atoms with Crippen molar-refractivity contribution in [3.05, 3.63) is 52.5 Å². The van der Waals surface area contributed by atoms with Gasteiger partial charge >= 0.3 is 12.1 Å². The van der Waals surface area contributed by atoms with E-state index in [1.54, 1.807) is 17.5 Å². The van der Waals surface area contributed by atoms with E-state index in [0.717, 1.165) is 44.8 Å². The highest BCUT2D eigenvalue weighted by Crippen LogP contribution is 2.25. The summed E-state index contributed by atoms with van der Waals surface area (Å²) in [5.74, 6) is -2.53. The van der Waals surface area contributed by atoms with Crippen LogP contribution in [0.25, 0.3) is 0 Å². The predicted molar refractivity (Wildman–Crippen MR) is 111 cm³/mol. The van der Waals surface area contributed by atoms with Crippen LogP contribution in [0.15, 0.2) is 41.4 Å². The average Bonchev–Trinajstić information content (AvgIpc) is 3.27. The number of nitrogens with zero attached hydrogens (tertiary/aromatic N) is 3. The SMILES string of the molecule is O=C(Cc1ccsc1)N1CC[C@@H]2OCCN(Cc3cccnc3)[C@H]2C1.O=C(O)C(F)(F)F. The van der Waals surface area contributed by atoms with Crippen molar-refractivity contribution in [3.8, 4) is 0 Å². The lowest BCUT2D eigenvalue weighted by atomic mass is 9.97. The topological polar surface area (TPSA) is 83.0 Å². The maximum Gasteiger partial charge on any atom is 0.490 e. The Bertz CT molecular complexity index is 880. The summed E-state index contributed by atoms with van der Waals surface area (Å²) in [7, 11) is 0. The second kappa shape index (κ2) is 10.9. The fraction of sp³-hybridized carbons (Fsp3) is 0.476. The Morgan fingerprint density at radius 2 is 2.03 bits per heavy atom. The molecular formula is C21H24F3N3O4S. The molecule has 2 aromatic rings. The Morgan fingerprint density at radius 3 is 2.66 bits per heavy atom. The summed E-state index contributed by atoms with van der Waals surface area (Å²) in [5, 5.41) is 11.2. The van der Waals surface area contributed by atoms with E-state index >= 15 is 0 Å². The molecule has 174 valence electrons. The van der Waals surface area contributed by atoms with Gasteiger partial charge in [0.05, 0.1) is 25.2 Å². The zero-order valence-electron chi connectivity index (χ0n) is 17.2. The van der Waals surface area contributed by atoms with E-state index in [2.05, 4.69) is 21.3 Å². The van der Waals surface area contributed by atoms with Crippen LogP contribution in [0.1, 0.15) is 17.5 Å². The number of pyridine rings is 1. The highest BCUT2D eigenvalue weighted by atomic mass is 32.1. The Morgan fingerprint density at radius 1 is 1.25 bits per heavy atom. The number of aromatic nitrogens is 1. The number of halogens is 3. The van der Waals surface area contributed by atoms with Crippen molar-refractivity contribution in [1.82, 2.24) is 14.8 Å². The lowest BCUT2D eigenvalue weighted by molar-refractivity contribution is -0.192. The maximum atomic E-state index is 12.7. The summed E-state index contributed by atoms with van der Waals surface area (Å²) in [5.41, 5.74) is 2.33. The number of likely N-dealkylation sites (tertiary alicyclic amines) is 1. The van der Waals surface area contributed by atoms with Gasteiger partial charge in [-0.3, -0.25) is 14.7 Å². The molecule has 4 rings (SSSR count). The molecule has 2 aromatic heterocycles. The summed E-state index contributed by atoms with van der Waals surface area (Å²) < 4.78 is 37.7. The lowest BCUT2D eigenvalue weighted by Crippen LogP contribution is -2.60. The Kier molecular flexibility index (Phi) is 8.21. The normalized spacial score (nSPS) is 21.3. The smallest absolute Gasteiger partial charge is 0.475 e. The molecule has 1 amide bonds. The number of piperidine rings is 1. The molecule has 32 heavy (non-hydrogen) atoms. The number of hydrogen-bond donors (Lipinski definition) is 1. The average molecular weight is 472 g/mol. The first kappa shape index (κ1) is 24.1. The van der Waals surface area contributed by atoms with Gasteiger partial charge in [0.15, 0.2) is 0 Å². The molecule has 2 saturated heterocycles. The monoisotopic (exact) mass is 471 g/mol. The van der Waals surface area contributed by atoms with Gasteiger partial charge in [0.1, 0.15) is 0 Å². The molecule has 2 atom stereocenters. The lowest BCUT2D eigenvalue weighted by Gasteiger charge is -2.47. The number of hydrogen-bond acceptors (Lipinski definition) is 6. The highest BCUT2D eigenvalue weighted by molar-refractivity contribution is 7.08. The number of thiophene rings is 1. The van der Waals surface area contributed by atoms with Gasteiger partial charge in [-0.05, 0) is 40.4 Å². The van der Waals surface area contributed by atoms with E-state index in [4.69, 9.17) is 14.6 Å². The number of carbonyl (C=O) groups excluding carboxylic acids is 1. The third kappa shape index (κ3) is 6.75. The van der Waals surface area contributed by atoms with Gasteiger partial charge in [0, 0.05) is 38.6 Å². The minimum Gasteiger partial charge on any atom is -0.475 e. The van der Waals surface area contributed by atoms with Crippen molar-refractivity contribution in [2.24, 2.45) is 0 Å². The van der Waals surface area contributed by atoms with E-state index < -0.39 is 12.1 Å². The fourth-order valence-electron chi connectivity index (χ4n) is 3.77. The molecule has 0 radical (unpaired) electrons. The number of aliphatic carboxylic acids is 1. The molecule has 0 aromatic carbocycles. The Labute approximate surface area is 187 Å². The molecule has 0 unspecified atom stereocenters. The molecule has 7 nitrogen and oxygen atoms in total. The van der Waals surface area contributed by atoms with Crippen molar-refractivity contribution in [2.45, 2.75) is 37.7 Å². The zero-order chi connectivity index (χ0) is 23.1. The third-order valence-corrected chi connectivity index (χ3v) is 6.07. The van der Waals surface area contributed by atoms with E-state index in [1.807, 2.05) is 28.6 Å². The van der Waals surface area contributed by atoms with Crippen LogP contribution < -0.4 is 0 Å². The van der Waals surface area contributed by atoms with Gasteiger partial charge in [0.25, 0.3) is 0 Å². The number of ether oxygens (including phenoxy) is 1. The van der Waals surface area contributed by atoms with Gasteiger partial charge in [-0.2, -0.15) is 24.5 Å². The maximum absolute atomic E-state index is 12.7.